The Morgan fingerprint density at radius 3 is 2.50 bits per heavy atom. The van der Waals surface area contributed by atoms with Gasteiger partial charge in [0.25, 0.3) is 0 Å². The van der Waals surface area contributed by atoms with Gasteiger partial charge in [0.15, 0.2) is 0 Å². The van der Waals surface area contributed by atoms with Gasteiger partial charge < -0.3 is 5.73 Å². The third-order valence-corrected chi connectivity index (χ3v) is 3.68. The van der Waals surface area contributed by atoms with Crippen molar-refractivity contribution in [3.63, 3.8) is 0 Å². The second-order valence-corrected chi connectivity index (χ2v) is 5.20. The second-order valence-electron chi connectivity index (χ2n) is 5.20. The van der Waals surface area contributed by atoms with E-state index in [2.05, 4.69) is 28.2 Å². The van der Waals surface area contributed by atoms with Crippen molar-refractivity contribution in [1.29, 1.82) is 0 Å². The molecule has 1 aromatic carbocycles. The van der Waals surface area contributed by atoms with Crippen LogP contribution in [0.3, 0.4) is 0 Å². The molecular weight excluding hydrogens is 272 g/mol. The molecule has 2 N–H and O–H groups in total. The fourth-order valence-electron chi connectivity index (χ4n) is 2.51. The van der Waals surface area contributed by atoms with Crippen LogP contribution in [-0.4, -0.2) is 33.8 Å². The van der Waals surface area contributed by atoms with E-state index < -0.39 is 0 Å². The van der Waals surface area contributed by atoms with Crippen LogP contribution in [0.25, 0.3) is 5.69 Å². The first kappa shape index (κ1) is 15.0. The van der Waals surface area contributed by atoms with Gasteiger partial charge in [-0.2, -0.15) is 5.10 Å². The number of benzene rings is 1. The van der Waals surface area contributed by atoms with E-state index in [-0.39, 0.29) is 12.4 Å². The van der Waals surface area contributed by atoms with Crippen LogP contribution in [0.2, 0.25) is 0 Å². The van der Waals surface area contributed by atoms with Crippen molar-refractivity contribution in [2.24, 2.45) is 5.73 Å². The van der Waals surface area contributed by atoms with E-state index in [1.54, 1.807) is 0 Å². The number of rotatable bonds is 3. The summed E-state index contributed by atoms with van der Waals surface area (Å²) >= 11 is 0. The van der Waals surface area contributed by atoms with E-state index in [1.807, 2.05) is 29.1 Å². The van der Waals surface area contributed by atoms with E-state index >= 15 is 0 Å². The Morgan fingerprint density at radius 1 is 1.10 bits per heavy atom. The van der Waals surface area contributed by atoms with Crippen LogP contribution in [0.15, 0.2) is 42.6 Å². The van der Waals surface area contributed by atoms with Crippen molar-refractivity contribution in [1.82, 2.24) is 14.7 Å². The number of aromatic nitrogens is 2. The highest BCUT2D eigenvalue weighted by Crippen LogP contribution is 2.13. The monoisotopic (exact) mass is 292 g/mol. The molecule has 0 amide bonds. The van der Waals surface area contributed by atoms with Gasteiger partial charge in [-0.1, -0.05) is 18.2 Å². The number of hydrogen-bond donors (Lipinski definition) is 1. The zero-order valence-corrected chi connectivity index (χ0v) is 12.3. The molecule has 1 aliphatic rings. The molecule has 1 saturated heterocycles. The first-order valence-corrected chi connectivity index (χ1v) is 6.89. The molecule has 20 heavy (non-hydrogen) atoms. The van der Waals surface area contributed by atoms with Crippen LogP contribution >= 0.6 is 12.4 Å². The molecule has 108 valence electrons. The van der Waals surface area contributed by atoms with Gasteiger partial charge in [0.2, 0.25) is 0 Å². The Labute approximate surface area is 126 Å². The van der Waals surface area contributed by atoms with Crippen LogP contribution in [0.1, 0.15) is 18.5 Å². The summed E-state index contributed by atoms with van der Waals surface area (Å²) in [4.78, 5) is 2.43. The Hall–Kier alpha value is -1.36. The summed E-state index contributed by atoms with van der Waals surface area (Å²) in [7, 11) is 0. The number of para-hydroxylation sites is 1. The van der Waals surface area contributed by atoms with Crippen LogP contribution < -0.4 is 5.73 Å². The molecule has 2 aromatic rings. The average molecular weight is 293 g/mol. The minimum atomic E-state index is 0. The van der Waals surface area contributed by atoms with Crippen LogP contribution in [0, 0.1) is 0 Å². The normalized spacial score (nSPS) is 16.9. The van der Waals surface area contributed by atoms with Gasteiger partial charge in [-0.3, -0.25) is 4.90 Å². The van der Waals surface area contributed by atoms with Gasteiger partial charge in [-0.25, -0.2) is 4.68 Å². The number of halogens is 1. The predicted molar refractivity (Wildman–Crippen MR) is 83.3 cm³/mol. The highest BCUT2D eigenvalue weighted by Gasteiger charge is 2.16. The quantitative estimate of drug-likeness (QED) is 0.943. The molecule has 0 bridgehead atoms. The molecule has 0 saturated carbocycles. The van der Waals surface area contributed by atoms with Gasteiger partial charge in [0.05, 0.1) is 11.4 Å². The molecule has 2 heterocycles. The minimum Gasteiger partial charge on any atom is -0.328 e. The third-order valence-electron chi connectivity index (χ3n) is 3.68. The molecule has 1 aromatic heterocycles. The molecule has 0 unspecified atom stereocenters. The Balaban J connectivity index is 0.00000147. The minimum absolute atomic E-state index is 0. The predicted octanol–water partition coefficient (Wildman–Crippen LogP) is 2.22. The van der Waals surface area contributed by atoms with E-state index in [9.17, 15) is 0 Å². The van der Waals surface area contributed by atoms with Crippen molar-refractivity contribution < 1.29 is 0 Å². The fourth-order valence-corrected chi connectivity index (χ4v) is 2.51. The molecule has 0 spiro atoms. The van der Waals surface area contributed by atoms with Crippen LogP contribution in [0.4, 0.5) is 0 Å². The summed E-state index contributed by atoms with van der Waals surface area (Å²) < 4.78 is 1.94. The fraction of sp³-hybridized carbons (Fsp3) is 0.400. The number of piperidine rings is 1. The maximum absolute atomic E-state index is 5.92. The Bertz CT molecular complexity index is 518. The van der Waals surface area contributed by atoms with Gasteiger partial charge in [0.1, 0.15) is 0 Å². The lowest BCUT2D eigenvalue weighted by molar-refractivity contribution is 0.203. The molecule has 0 radical (unpaired) electrons. The smallest absolute Gasteiger partial charge is 0.0769 e. The molecule has 4 nitrogen and oxygen atoms in total. The van der Waals surface area contributed by atoms with Crippen molar-refractivity contribution in [3.8, 4) is 5.69 Å². The van der Waals surface area contributed by atoms with Crippen LogP contribution in [0.5, 0.6) is 0 Å². The number of hydrogen-bond acceptors (Lipinski definition) is 3. The average Bonchev–Trinajstić information content (AvgIpc) is 2.91. The van der Waals surface area contributed by atoms with E-state index in [0.717, 1.165) is 43.9 Å². The van der Waals surface area contributed by atoms with Crippen LogP contribution in [-0.2, 0) is 6.54 Å². The zero-order chi connectivity index (χ0) is 13.1. The molecular formula is C15H21ClN4. The molecule has 1 fully saturated rings. The summed E-state index contributed by atoms with van der Waals surface area (Å²) in [6.07, 6.45) is 4.22. The Kier molecular flexibility index (Phi) is 5.17. The summed E-state index contributed by atoms with van der Waals surface area (Å²) in [5.74, 6) is 0. The van der Waals surface area contributed by atoms with Crippen molar-refractivity contribution in [2.75, 3.05) is 13.1 Å². The standard InChI is InChI=1S/C15H20N4.ClH/c16-13-6-9-18(10-7-13)12-14-8-11-19(17-14)15-4-2-1-3-5-15;/h1-5,8,11,13H,6-7,9-10,12,16H2;1H. The first-order valence-electron chi connectivity index (χ1n) is 6.89. The van der Waals surface area contributed by atoms with Gasteiger partial charge >= 0.3 is 0 Å². The van der Waals surface area contributed by atoms with Crippen molar-refractivity contribution in [3.05, 3.63) is 48.3 Å². The molecule has 0 aliphatic carbocycles. The summed E-state index contributed by atoms with van der Waals surface area (Å²) in [5.41, 5.74) is 8.15. The van der Waals surface area contributed by atoms with E-state index in [4.69, 9.17) is 5.73 Å². The van der Waals surface area contributed by atoms with Gasteiger partial charge in [0, 0.05) is 31.9 Å². The van der Waals surface area contributed by atoms with Crippen molar-refractivity contribution in [2.45, 2.75) is 25.4 Å². The molecule has 1 aliphatic heterocycles. The van der Waals surface area contributed by atoms with E-state index in [1.165, 1.54) is 0 Å². The lowest BCUT2D eigenvalue weighted by Crippen LogP contribution is -2.39. The largest absolute Gasteiger partial charge is 0.328 e. The van der Waals surface area contributed by atoms with E-state index in [0.29, 0.717) is 6.04 Å². The SMILES string of the molecule is Cl.NC1CCN(Cc2ccn(-c3ccccc3)n2)CC1. The lowest BCUT2D eigenvalue weighted by Gasteiger charge is -2.29. The first-order chi connectivity index (χ1) is 9.31. The highest BCUT2D eigenvalue weighted by atomic mass is 35.5. The maximum atomic E-state index is 5.92. The van der Waals surface area contributed by atoms with Gasteiger partial charge in [-0.15, -0.1) is 12.4 Å². The number of nitrogens with two attached hydrogens (primary N) is 1. The highest BCUT2D eigenvalue weighted by molar-refractivity contribution is 5.85. The topological polar surface area (TPSA) is 47.1 Å². The Morgan fingerprint density at radius 2 is 1.80 bits per heavy atom. The lowest BCUT2D eigenvalue weighted by atomic mass is 10.1. The summed E-state index contributed by atoms with van der Waals surface area (Å²) in [6.45, 7) is 3.09. The molecule has 5 heteroatoms. The molecule has 0 atom stereocenters. The zero-order valence-electron chi connectivity index (χ0n) is 11.5. The summed E-state index contributed by atoms with van der Waals surface area (Å²) in [6, 6.07) is 12.7. The number of nitrogens with zero attached hydrogens (tertiary/aromatic N) is 3. The third kappa shape index (κ3) is 3.60. The molecule has 3 rings (SSSR count). The second kappa shape index (κ2) is 6.88. The summed E-state index contributed by atoms with van der Waals surface area (Å²) in [5, 5.41) is 4.64. The maximum Gasteiger partial charge on any atom is 0.0769 e. The van der Waals surface area contributed by atoms with Gasteiger partial charge in [-0.05, 0) is 31.0 Å². The number of likely N-dealkylation sites (tertiary alicyclic amines) is 1. The van der Waals surface area contributed by atoms with Crippen molar-refractivity contribution >= 4 is 12.4 Å².